The summed E-state index contributed by atoms with van der Waals surface area (Å²) in [6, 6.07) is 11.5. The standard InChI is InChI=1S/C22H21N3O5S/c1-15(14-29-2)30-20-12-17(7-6-16-4-3-5-19(11-16)25(27)28)10-18(13-20)21(26)24-22-23-8-9-31-22/h3-13,15H,14H2,1-2H3,(H,23,24,26)/b7-6+/t15-/m0/s1. The monoisotopic (exact) mass is 439 g/mol. The number of hydrogen-bond donors (Lipinski definition) is 1. The van der Waals surface area contributed by atoms with Gasteiger partial charge in [-0.2, -0.15) is 0 Å². The molecule has 1 atom stereocenters. The van der Waals surface area contributed by atoms with E-state index in [1.165, 1.54) is 23.5 Å². The van der Waals surface area contributed by atoms with E-state index in [1.54, 1.807) is 61.2 Å². The number of nitro benzene ring substituents is 1. The van der Waals surface area contributed by atoms with Crippen LogP contribution in [-0.4, -0.2) is 35.6 Å². The summed E-state index contributed by atoms with van der Waals surface area (Å²) >= 11 is 1.32. The van der Waals surface area contributed by atoms with Gasteiger partial charge in [0, 0.05) is 36.4 Å². The van der Waals surface area contributed by atoms with Crippen LogP contribution in [0.3, 0.4) is 0 Å². The van der Waals surface area contributed by atoms with Crippen molar-refractivity contribution in [2.24, 2.45) is 0 Å². The molecule has 0 unspecified atom stereocenters. The van der Waals surface area contributed by atoms with E-state index in [-0.39, 0.29) is 17.7 Å². The third kappa shape index (κ3) is 6.46. The van der Waals surface area contributed by atoms with Gasteiger partial charge in [0.2, 0.25) is 0 Å². The Morgan fingerprint density at radius 2 is 2.06 bits per heavy atom. The number of benzene rings is 2. The Kier molecular flexibility index (Phi) is 7.47. The zero-order chi connectivity index (χ0) is 22.2. The summed E-state index contributed by atoms with van der Waals surface area (Å²) in [5.41, 5.74) is 1.78. The van der Waals surface area contributed by atoms with Gasteiger partial charge < -0.3 is 9.47 Å². The van der Waals surface area contributed by atoms with Crippen LogP contribution in [0.5, 0.6) is 5.75 Å². The number of nitrogens with zero attached hydrogens (tertiary/aromatic N) is 2. The lowest BCUT2D eigenvalue weighted by molar-refractivity contribution is -0.384. The lowest BCUT2D eigenvalue weighted by Gasteiger charge is -2.15. The van der Waals surface area contributed by atoms with Crippen molar-refractivity contribution in [2.75, 3.05) is 19.0 Å². The molecule has 31 heavy (non-hydrogen) atoms. The number of amides is 1. The number of hydrogen-bond acceptors (Lipinski definition) is 7. The molecule has 160 valence electrons. The van der Waals surface area contributed by atoms with E-state index in [0.29, 0.717) is 34.2 Å². The molecule has 2 aromatic carbocycles. The largest absolute Gasteiger partial charge is 0.488 e. The molecule has 0 bridgehead atoms. The van der Waals surface area contributed by atoms with Crippen molar-refractivity contribution in [3.8, 4) is 5.75 Å². The molecule has 1 heterocycles. The summed E-state index contributed by atoms with van der Waals surface area (Å²) in [7, 11) is 1.59. The number of carbonyl (C=O) groups is 1. The Morgan fingerprint density at radius 3 is 2.77 bits per heavy atom. The van der Waals surface area contributed by atoms with Gasteiger partial charge in [-0.05, 0) is 36.2 Å². The fourth-order valence-electron chi connectivity index (χ4n) is 2.81. The highest BCUT2D eigenvalue weighted by Gasteiger charge is 2.12. The average Bonchev–Trinajstić information content (AvgIpc) is 3.25. The second-order valence-corrected chi connectivity index (χ2v) is 7.55. The van der Waals surface area contributed by atoms with Gasteiger partial charge in [-0.15, -0.1) is 11.3 Å². The smallest absolute Gasteiger partial charge is 0.270 e. The number of rotatable bonds is 9. The SMILES string of the molecule is COC[C@H](C)Oc1cc(/C=C/c2cccc([N+](=O)[O-])c2)cc(C(=O)Nc2nccs2)c1. The Labute approximate surface area is 183 Å². The molecule has 3 aromatic rings. The first-order chi connectivity index (χ1) is 14.9. The first-order valence-corrected chi connectivity index (χ1v) is 10.3. The summed E-state index contributed by atoms with van der Waals surface area (Å²) in [4.78, 5) is 27.3. The van der Waals surface area contributed by atoms with Crippen molar-refractivity contribution in [1.82, 2.24) is 4.98 Å². The van der Waals surface area contributed by atoms with Crippen LogP contribution in [0.4, 0.5) is 10.8 Å². The van der Waals surface area contributed by atoms with Gasteiger partial charge in [-0.25, -0.2) is 4.98 Å². The number of methoxy groups -OCH3 is 1. The van der Waals surface area contributed by atoms with Gasteiger partial charge in [0.1, 0.15) is 11.9 Å². The molecule has 3 rings (SSSR count). The Balaban J connectivity index is 1.89. The molecule has 0 fully saturated rings. The van der Waals surface area contributed by atoms with Crippen LogP contribution >= 0.6 is 11.3 Å². The highest BCUT2D eigenvalue weighted by atomic mass is 32.1. The molecule has 1 N–H and O–H groups in total. The van der Waals surface area contributed by atoms with E-state index in [9.17, 15) is 14.9 Å². The van der Waals surface area contributed by atoms with E-state index in [0.717, 1.165) is 0 Å². The first-order valence-electron chi connectivity index (χ1n) is 9.38. The molecule has 0 aliphatic heterocycles. The molecule has 1 amide bonds. The Hall–Kier alpha value is -3.56. The fraction of sp³-hybridized carbons (Fsp3) is 0.182. The average molecular weight is 439 g/mol. The molecule has 0 saturated heterocycles. The Bertz CT molecular complexity index is 1080. The minimum absolute atomic E-state index is 0.0103. The van der Waals surface area contributed by atoms with Crippen LogP contribution in [-0.2, 0) is 4.74 Å². The quantitative estimate of drug-likeness (QED) is 0.289. The summed E-state index contributed by atoms with van der Waals surface area (Å²) in [5.74, 6) is 0.194. The highest BCUT2D eigenvalue weighted by molar-refractivity contribution is 7.13. The van der Waals surface area contributed by atoms with Crippen LogP contribution in [0.2, 0.25) is 0 Å². The molecule has 0 radical (unpaired) electrons. The van der Waals surface area contributed by atoms with E-state index in [2.05, 4.69) is 10.3 Å². The van der Waals surface area contributed by atoms with E-state index in [4.69, 9.17) is 9.47 Å². The summed E-state index contributed by atoms with van der Waals surface area (Å²) in [6.07, 6.45) is 4.91. The van der Waals surface area contributed by atoms with E-state index < -0.39 is 4.92 Å². The van der Waals surface area contributed by atoms with Crippen LogP contribution < -0.4 is 10.1 Å². The highest BCUT2D eigenvalue weighted by Crippen LogP contribution is 2.23. The van der Waals surface area contributed by atoms with E-state index >= 15 is 0 Å². The van der Waals surface area contributed by atoms with Crippen LogP contribution in [0.1, 0.15) is 28.4 Å². The van der Waals surface area contributed by atoms with Gasteiger partial charge in [0.05, 0.1) is 11.5 Å². The number of non-ortho nitro benzene ring substituents is 1. The molecular weight excluding hydrogens is 418 g/mol. The molecular formula is C22H21N3O5S. The van der Waals surface area contributed by atoms with Gasteiger partial charge in [0.25, 0.3) is 11.6 Å². The number of anilines is 1. The van der Waals surface area contributed by atoms with E-state index in [1.807, 2.05) is 6.92 Å². The van der Waals surface area contributed by atoms with Crippen molar-refractivity contribution >= 4 is 40.2 Å². The first kappa shape index (κ1) is 22.1. The third-order valence-corrected chi connectivity index (χ3v) is 4.82. The maximum Gasteiger partial charge on any atom is 0.270 e. The molecule has 8 nitrogen and oxygen atoms in total. The number of carbonyl (C=O) groups excluding carboxylic acids is 1. The molecule has 0 aliphatic rings. The second kappa shape index (κ2) is 10.5. The summed E-state index contributed by atoms with van der Waals surface area (Å²) < 4.78 is 11.0. The molecule has 0 saturated carbocycles. The molecule has 0 aliphatic carbocycles. The number of ether oxygens (including phenoxy) is 2. The second-order valence-electron chi connectivity index (χ2n) is 6.65. The van der Waals surface area contributed by atoms with Crippen LogP contribution in [0, 0.1) is 10.1 Å². The number of nitrogens with one attached hydrogen (secondary N) is 1. The molecule has 9 heteroatoms. The van der Waals surface area contributed by atoms with Gasteiger partial charge >= 0.3 is 0 Å². The minimum Gasteiger partial charge on any atom is -0.488 e. The normalized spacial score (nSPS) is 11.9. The minimum atomic E-state index is -0.440. The van der Waals surface area contributed by atoms with Crippen molar-refractivity contribution in [3.63, 3.8) is 0 Å². The predicted molar refractivity (Wildman–Crippen MR) is 120 cm³/mol. The maximum absolute atomic E-state index is 12.7. The van der Waals surface area contributed by atoms with Crippen molar-refractivity contribution < 1.29 is 19.2 Å². The van der Waals surface area contributed by atoms with Crippen LogP contribution in [0.15, 0.2) is 54.0 Å². The van der Waals surface area contributed by atoms with Crippen LogP contribution in [0.25, 0.3) is 12.2 Å². The lowest BCUT2D eigenvalue weighted by Crippen LogP contribution is -2.18. The van der Waals surface area contributed by atoms with Gasteiger partial charge in [-0.1, -0.05) is 24.3 Å². The number of nitro groups is 1. The zero-order valence-corrected chi connectivity index (χ0v) is 17.8. The van der Waals surface area contributed by atoms with Crippen molar-refractivity contribution in [1.29, 1.82) is 0 Å². The van der Waals surface area contributed by atoms with Crippen molar-refractivity contribution in [3.05, 3.63) is 80.8 Å². The molecule has 0 spiro atoms. The lowest BCUT2D eigenvalue weighted by atomic mass is 10.1. The fourth-order valence-corrected chi connectivity index (χ4v) is 3.33. The predicted octanol–water partition coefficient (Wildman–Crippen LogP) is 4.89. The zero-order valence-electron chi connectivity index (χ0n) is 17.0. The topological polar surface area (TPSA) is 104 Å². The molecule has 1 aromatic heterocycles. The van der Waals surface area contributed by atoms with Gasteiger partial charge in [0.15, 0.2) is 5.13 Å². The summed E-state index contributed by atoms with van der Waals surface area (Å²) in [5, 5.41) is 16.0. The third-order valence-electron chi connectivity index (χ3n) is 4.13. The summed E-state index contributed by atoms with van der Waals surface area (Å²) in [6.45, 7) is 2.26. The number of thiazole rings is 1. The maximum atomic E-state index is 12.7. The van der Waals surface area contributed by atoms with Gasteiger partial charge in [-0.3, -0.25) is 20.2 Å². The Morgan fingerprint density at radius 1 is 1.26 bits per heavy atom. The number of aromatic nitrogens is 1. The van der Waals surface area contributed by atoms with Crippen molar-refractivity contribution in [2.45, 2.75) is 13.0 Å².